The number of hydrogen-bond donors (Lipinski definition) is 0. The highest BCUT2D eigenvalue weighted by Gasteiger charge is 2.43. The quantitative estimate of drug-likeness (QED) is 0.795. The fourth-order valence-electron chi connectivity index (χ4n) is 4.76. The van der Waals surface area contributed by atoms with Crippen LogP contribution in [0, 0.1) is 5.92 Å². The second-order valence-electron chi connectivity index (χ2n) is 8.72. The molecule has 1 spiro atoms. The molecule has 1 aliphatic carbocycles. The molecular formula is C21H33N5O. The van der Waals surface area contributed by atoms with Gasteiger partial charge in [0.15, 0.2) is 0 Å². The smallest absolute Gasteiger partial charge is 0.222 e. The molecule has 0 N–H and O–H groups in total. The second kappa shape index (κ2) is 7.74. The predicted octanol–water partition coefficient (Wildman–Crippen LogP) is 2.34. The van der Waals surface area contributed by atoms with Gasteiger partial charge in [-0.25, -0.2) is 9.97 Å². The molecule has 0 unspecified atom stereocenters. The molecule has 2 saturated heterocycles. The lowest BCUT2D eigenvalue weighted by Gasteiger charge is -2.50. The molecule has 2 aliphatic heterocycles. The molecule has 1 saturated carbocycles. The number of likely N-dealkylation sites (N-methyl/N-ethyl adjacent to an activating group) is 1. The molecule has 0 bridgehead atoms. The van der Waals surface area contributed by atoms with Crippen LogP contribution in [0.4, 0.5) is 5.82 Å². The molecule has 4 rings (SSSR count). The predicted molar refractivity (Wildman–Crippen MR) is 107 cm³/mol. The standard InChI is InChI=1S/C21H33N5O/c1-3-4-18-13-22-16-23-20(18)26-12-11-24(2)21(15-26)8-7-19(27)25(10-9-21)14-17-5-6-17/h13,16-17H,3-12,14-15H2,1-2H3/t21-/m0/s1. The van der Waals surface area contributed by atoms with Gasteiger partial charge in [-0.1, -0.05) is 13.3 Å². The number of nitrogens with zero attached hydrogens (tertiary/aromatic N) is 5. The van der Waals surface area contributed by atoms with Gasteiger partial charge in [-0.15, -0.1) is 0 Å². The van der Waals surface area contributed by atoms with Crippen molar-refractivity contribution in [1.29, 1.82) is 0 Å². The van der Waals surface area contributed by atoms with Crippen LogP contribution in [0.1, 0.15) is 51.0 Å². The Hall–Kier alpha value is -1.69. The number of carbonyl (C=O) groups excluding carboxylic acids is 1. The third kappa shape index (κ3) is 3.96. The number of anilines is 1. The number of hydrogen-bond acceptors (Lipinski definition) is 5. The minimum atomic E-state index is 0.0701. The molecule has 1 aromatic heterocycles. The van der Waals surface area contributed by atoms with Crippen molar-refractivity contribution in [2.45, 2.75) is 57.4 Å². The summed E-state index contributed by atoms with van der Waals surface area (Å²) in [7, 11) is 2.24. The Bertz CT molecular complexity index is 676. The average Bonchev–Trinajstić information content (AvgIpc) is 3.51. The SMILES string of the molecule is CCCc1cncnc1N1CCN(C)[C@]2(CCC(=O)N(CC3CC3)CC2)C1. The largest absolute Gasteiger partial charge is 0.353 e. The number of amides is 1. The van der Waals surface area contributed by atoms with E-state index >= 15 is 0 Å². The molecule has 6 nitrogen and oxygen atoms in total. The van der Waals surface area contributed by atoms with E-state index in [1.165, 1.54) is 18.4 Å². The van der Waals surface area contributed by atoms with Crippen LogP contribution >= 0.6 is 0 Å². The van der Waals surface area contributed by atoms with Crippen LogP contribution in [-0.4, -0.2) is 71.0 Å². The van der Waals surface area contributed by atoms with Gasteiger partial charge in [0.1, 0.15) is 12.1 Å². The van der Waals surface area contributed by atoms with E-state index in [9.17, 15) is 4.79 Å². The van der Waals surface area contributed by atoms with Crippen LogP contribution in [0.25, 0.3) is 0 Å². The Balaban J connectivity index is 1.52. The Kier molecular flexibility index (Phi) is 5.35. The summed E-state index contributed by atoms with van der Waals surface area (Å²) in [6, 6.07) is 0. The molecule has 0 radical (unpaired) electrons. The highest BCUT2D eigenvalue weighted by atomic mass is 16.2. The maximum atomic E-state index is 12.7. The van der Waals surface area contributed by atoms with Gasteiger partial charge >= 0.3 is 0 Å². The van der Waals surface area contributed by atoms with Gasteiger partial charge in [0.25, 0.3) is 0 Å². The first-order chi connectivity index (χ1) is 13.1. The van der Waals surface area contributed by atoms with Gasteiger partial charge in [-0.3, -0.25) is 9.69 Å². The Morgan fingerprint density at radius 1 is 1.22 bits per heavy atom. The average molecular weight is 372 g/mol. The van der Waals surface area contributed by atoms with Crippen molar-refractivity contribution in [3.05, 3.63) is 18.1 Å². The molecule has 1 amide bonds. The zero-order valence-corrected chi connectivity index (χ0v) is 16.9. The van der Waals surface area contributed by atoms with E-state index in [0.717, 1.165) is 70.1 Å². The van der Waals surface area contributed by atoms with Gasteiger partial charge < -0.3 is 9.80 Å². The number of aryl methyl sites for hydroxylation is 1. The van der Waals surface area contributed by atoms with Crippen molar-refractivity contribution >= 4 is 11.7 Å². The molecule has 148 valence electrons. The summed E-state index contributed by atoms with van der Waals surface area (Å²) < 4.78 is 0. The zero-order chi connectivity index (χ0) is 18.9. The Morgan fingerprint density at radius 3 is 2.85 bits per heavy atom. The van der Waals surface area contributed by atoms with Crippen molar-refractivity contribution in [2.24, 2.45) is 5.92 Å². The maximum absolute atomic E-state index is 12.7. The van der Waals surface area contributed by atoms with Crippen molar-refractivity contribution < 1.29 is 4.79 Å². The Labute approximate surface area is 162 Å². The van der Waals surface area contributed by atoms with E-state index in [-0.39, 0.29) is 5.54 Å². The van der Waals surface area contributed by atoms with Crippen LogP contribution in [0.3, 0.4) is 0 Å². The van der Waals surface area contributed by atoms with E-state index in [4.69, 9.17) is 0 Å². The lowest BCUT2D eigenvalue weighted by molar-refractivity contribution is -0.130. The highest BCUT2D eigenvalue weighted by molar-refractivity contribution is 5.76. The summed E-state index contributed by atoms with van der Waals surface area (Å²) in [6.45, 7) is 7.06. The normalized spacial score (nSPS) is 27.3. The van der Waals surface area contributed by atoms with Crippen molar-refractivity contribution in [1.82, 2.24) is 19.8 Å². The van der Waals surface area contributed by atoms with Crippen molar-refractivity contribution in [3.63, 3.8) is 0 Å². The first-order valence-electron chi connectivity index (χ1n) is 10.6. The first-order valence-corrected chi connectivity index (χ1v) is 10.6. The Morgan fingerprint density at radius 2 is 2.07 bits per heavy atom. The lowest BCUT2D eigenvalue weighted by atomic mass is 9.86. The van der Waals surface area contributed by atoms with Crippen LogP contribution in [0.5, 0.6) is 0 Å². The van der Waals surface area contributed by atoms with Crippen molar-refractivity contribution in [2.75, 3.05) is 44.7 Å². The van der Waals surface area contributed by atoms with Crippen LogP contribution < -0.4 is 4.90 Å². The summed E-state index contributed by atoms with van der Waals surface area (Å²) in [5.41, 5.74) is 1.32. The minimum absolute atomic E-state index is 0.0701. The minimum Gasteiger partial charge on any atom is -0.353 e. The number of likely N-dealkylation sites (tertiary alicyclic amines) is 1. The fraction of sp³-hybridized carbons (Fsp3) is 0.762. The summed E-state index contributed by atoms with van der Waals surface area (Å²) in [5.74, 6) is 2.23. The van der Waals surface area contributed by atoms with Gasteiger partial charge in [0, 0.05) is 56.4 Å². The third-order valence-corrected chi connectivity index (χ3v) is 6.76. The molecular weight excluding hydrogens is 338 g/mol. The number of piperazine rings is 1. The van der Waals surface area contributed by atoms with Gasteiger partial charge in [-0.05, 0) is 45.1 Å². The number of carbonyl (C=O) groups is 1. The van der Waals surface area contributed by atoms with E-state index in [0.29, 0.717) is 12.3 Å². The molecule has 1 aromatic rings. The lowest BCUT2D eigenvalue weighted by Crippen LogP contribution is -2.61. The molecule has 6 heteroatoms. The molecule has 3 heterocycles. The highest BCUT2D eigenvalue weighted by Crippen LogP contribution is 2.36. The van der Waals surface area contributed by atoms with Crippen LogP contribution in [0.2, 0.25) is 0 Å². The number of aromatic nitrogens is 2. The second-order valence-corrected chi connectivity index (χ2v) is 8.72. The monoisotopic (exact) mass is 371 g/mol. The summed E-state index contributed by atoms with van der Waals surface area (Å²) in [4.78, 5) is 28.7. The number of rotatable bonds is 5. The summed E-state index contributed by atoms with van der Waals surface area (Å²) in [6.07, 6.45) is 11.1. The van der Waals surface area contributed by atoms with E-state index in [1.807, 2.05) is 6.20 Å². The van der Waals surface area contributed by atoms with Crippen LogP contribution in [0.15, 0.2) is 12.5 Å². The topological polar surface area (TPSA) is 52.6 Å². The van der Waals surface area contributed by atoms with Gasteiger partial charge in [0.05, 0.1) is 0 Å². The fourth-order valence-corrected chi connectivity index (χ4v) is 4.76. The summed E-state index contributed by atoms with van der Waals surface area (Å²) in [5, 5.41) is 0. The van der Waals surface area contributed by atoms with Crippen LogP contribution in [-0.2, 0) is 11.2 Å². The molecule has 3 fully saturated rings. The third-order valence-electron chi connectivity index (χ3n) is 6.76. The van der Waals surface area contributed by atoms with E-state index in [2.05, 4.69) is 38.6 Å². The van der Waals surface area contributed by atoms with E-state index in [1.54, 1.807) is 6.33 Å². The van der Waals surface area contributed by atoms with Gasteiger partial charge in [0.2, 0.25) is 5.91 Å². The zero-order valence-electron chi connectivity index (χ0n) is 16.9. The first kappa shape index (κ1) is 18.7. The van der Waals surface area contributed by atoms with E-state index < -0.39 is 0 Å². The molecule has 0 aromatic carbocycles. The van der Waals surface area contributed by atoms with Crippen molar-refractivity contribution in [3.8, 4) is 0 Å². The van der Waals surface area contributed by atoms with Gasteiger partial charge in [-0.2, -0.15) is 0 Å². The maximum Gasteiger partial charge on any atom is 0.222 e. The molecule has 1 atom stereocenters. The summed E-state index contributed by atoms with van der Waals surface area (Å²) >= 11 is 0. The molecule has 27 heavy (non-hydrogen) atoms. The molecule has 3 aliphatic rings.